The van der Waals surface area contributed by atoms with E-state index in [2.05, 4.69) is 0 Å². The van der Waals surface area contributed by atoms with E-state index in [0.717, 1.165) is 37.9 Å². The lowest BCUT2D eigenvalue weighted by atomic mass is 10.00. The summed E-state index contributed by atoms with van der Waals surface area (Å²) in [6.45, 7) is 2.77. The van der Waals surface area contributed by atoms with Crippen LogP contribution in [0.25, 0.3) is 0 Å². The Kier molecular flexibility index (Phi) is 4.72. The van der Waals surface area contributed by atoms with Crippen LogP contribution in [0, 0.1) is 12.7 Å². The van der Waals surface area contributed by atoms with E-state index >= 15 is 0 Å². The number of ether oxygens (including phenoxy) is 1. The van der Waals surface area contributed by atoms with Crippen LogP contribution in [0.3, 0.4) is 0 Å². The Morgan fingerprint density at radius 1 is 1.50 bits per heavy atom. The zero-order valence-corrected chi connectivity index (χ0v) is 10.9. The fourth-order valence-electron chi connectivity index (χ4n) is 2.48. The number of rotatable bonds is 5. The molecule has 1 heterocycles. The molecule has 0 radical (unpaired) electrons. The van der Waals surface area contributed by atoms with Gasteiger partial charge in [0.15, 0.2) is 0 Å². The minimum absolute atomic E-state index is 0.315. The lowest BCUT2D eigenvalue weighted by Gasteiger charge is -2.14. The summed E-state index contributed by atoms with van der Waals surface area (Å²) >= 11 is 0. The van der Waals surface area contributed by atoms with Crippen LogP contribution in [-0.4, -0.2) is 17.8 Å². The SMILES string of the molecule is Cc1ccc(F)c(C(O)CCCC2CCCO2)c1. The number of hydrogen-bond acceptors (Lipinski definition) is 2. The molecule has 100 valence electrons. The van der Waals surface area contributed by atoms with Gasteiger partial charge in [-0.15, -0.1) is 0 Å². The van der Waals surface area contributed by atoms with Crippen molar-refractivity contribution in [2.75, 3.05) is 6.61 Å². The second-order valence-electron chi connectivity index (χ2n) is 5.11. The molecule has 2 rings (SSSR count). The Morgan fingerprint density at radius 3 is 3.06 bits per heavy atom. The monoisotopic (exact) mass is 252 g/mol. The molecule has 2 atom stereocenters. The number of benzene rings is 1. The molecule has 0 aromatic heterocycles. The van der Waals surface area contributed by atoms with Gasteiger partial charge in [-0.1, -0.05) is 17.7 Å². The molecule has 2 unspecified atom stereocenters. The Labute approximate surface area is 108 Å². The van der Waals surface area contributed by atoms with Crippen molar-refractivity contribution in [3.05, 3.63) is 35.1 Å². The van der Waals surface area contributed by atoms with Crippen LogP contribution < -0.4 is 0 Å². The fraction of sp³-hybridized carbons (Fsp3) is 0.600. The molecule has 0 spiro atoms. The number of halogens is 1. The maximum atomic E-state index is 13.6. The molecule has 0 aliphatic carbocycles. The topological polar surface area (TPSA) is 29.5 Å². The van der Waals surface area contributed by atoms with Crippen molar-refractivity contribution in [3.8, 4) is 0 Å². The van der Waals surface area contributed by atoms with Crippen LogP contribution in [0.1, 0.15) is 49.3 Å². The van der Waals surface area contributed by atoms with Crippen LogP contribution in [0.2, 0.25) is 0 Å². The lowest BCUT2D eigenvalue weighted by molar-refractivity contribution is 0.0940. The molecule has 0 bridgehead atoms. The molecule has 0 amide bonds. The van der Waals surface area contributed by atoms with Crippen LogP contribution in [-0.2, 0) is 4.74 Å². The molecule has 1 fully saturated rings. The van der Waals surface area contributed by atoms with Crippen molar-refractivity contribution in [1.29, 1.82) is 0 Å². The first kappa shape index (κ1) is 13.5. The van der Waals surface area contributed by atoms with Gasteiger partial charge >= 0.3 is 0 Å². The molecule has 0 saturated carbocycles. The summed E-state index contributed by atoms with van der Waals surface area (Å²) in [5.41, 5.74) is 1.40. The normalized spacial score (nSPS) is 21.2. The fourth-order valence-corrected chi connectivity index (χ4v) is 2.48. The van der Waals surface area contributed by atoms with Crippen molar-refractivity contribution >= 4 is 0 Å². The van der Waals surface area contributed by atoms with Gasteiger partial charge in [-0.25, -0.2) is 4.39 Å². The van der Waals surface area contributed by atoms with E-state index in [-0.39, 0.29) is 5.82 Å². The van der Waals surface area contributed by atoms with Gasteiger partial charge in [0.25, 0.3) is 0 Å². The molecule has 2 nitrogen and oxygen atoms in total. The Balaban J connectivity index is 1.83. The van der Waals surface area contributed by atoms with E-state index < -0.39 is 6.10 Å². The molecular formula is C15H21FO2. The zero-order valence-electron chi connectivity index (χ0n) is 10.9. The number of aliphatic hydroxyl groups excluding tert-OH is 1. The van der Waals surface area contributed by atoms with Crippen LogP contribution >= 0.6 is 0 Å². The molecule has 3 heteroatoms. The highest BCUT2D eigenvalue weighted by molar-refractivity contribution is 5.25. The smallest absolute Gasteiger partial charge is 0.129 e. The van der Waals surface area contributed by atoms with E-state index in [1.165, 1.54) is 6.07 Å². The number of hydrogen-bond donors (Lipinski definition) is 1. The van der Waals surface area contributed by atoms with Gasteiger partial charge in [-0.2, -0.15) is 0 Å². The third-order valence-corrected chi connectivity index (χ3v) is 3.54. The molecule has 1 saturated heterocycles. The lowest BCUT2D eigenvalue weighted by Crippen LogP contribution is -2.07. The Hall–Kier alpha value is -0.930. The minimum Gasteiger partial charge on any atom is -0.388 e. The van der Waals surface area contributed by atoms with Crippen molar-refractivity contribution in [3.63, 3.8) is 0 Å². The summed E-state index contributed by atoms with van der Waals surface area (Å²) in [4.78, 5) is 0. The maximum absolute atomic E-state index is 13.6. The van der Waals surface area contributed by atoms with Gasteiger partial charge in [0.2, 0.25) is 0 Å². The quantitative estimate of drug-likeness (QED) is 0.868. The van der Waals surface area contributed by atoms with E-state index in [1.54, 1.807) is 12.1 Å². The molecular weight excluding hydrogens is 231 g/mol. The third-order valence-electron chi connectivity index (χ3n) is 3.54. The number of aliphatic hydroxyl groups is 1. The van der Waals surface area contributed by atoms with Gasteiger partial charge in [-0.05, 0) is 45.1 Å². The molecule has 1 N–H and O–H groups in total. The summed E-state index contributed by atoms with van der Waals surface area (Å²) in [7, 11) is 0. The summed E-state index contributed by atoms with van der Waals surface area (Å²) < 4.78 is 19.1. The molecule has 1 aliphatic rings. The maximum Gasteiger partial charge on any atom is 0.129 e. The van der Waals surface area contributed by atoms with E-state index in [4.69, 9.17) is 4.74 Å². The van der Waals surface area contributed by atoms with Crippen molar-refractivity contribution < 1.29 is 14.2 Å². The first-order valence-corrected chi connectivity index (χ1v) is 6.72. The molecule has 1 aromatic carbocycles. The zero-order chi connectivity index (χ0) is 13.0. The second-order valence-corrected chi connectivity index (χ2v) is 5.11. The van der Waals surface area contributed by atoms with Crippen LogP contribution in [0.15, 0.2) is 18.2 Å². The highest BCUT2D eigenvalue weighted by atomic mass is 19.1. The van der Waals surface area contributed by atoms with Gasteiger partial charge < -0.3 is 9.84 Å². The molecule has 1 aliphatic heterocycles. The van der Waals surface area contributed by atoms with E-state index in [0.29, 0.717) is 18.1 Å². The molecule has 1 aromatic rings. The summed E-state index contributed by atoms with van der Waals surface area (Å²) in [6.07, 6.45) is 4.34. The Bertz CT molecular complexity index is 386. The van der Waals surface area contributed by atoms with Gasteiger partial charge in [0.05, 0.1) is 12.2 Å². The van der Waals surface area contributed by atoms with Gasteiger partial charge in [0.1, 0.15) is 5.82 Å². The second kappa shape index (κ2) is 6.30. The van der Waals surface area contributed by atoms with E-state index in [1.807, 2.05) is 6.92 Å². The summed E-state index contributed by atoms with van der Waals surface area (Å²) in [6, 6.07) is 4.87. The standard InChI is InChI=1S/C15H21FO2/c1-11-7-8-14(16)13(10-11)15(17)6-2-4-12-5-3-9-18-12/h7-8,10,12,15,17H,2-6,9H2,1H3. The number of aryl methyl sites for hydroxylation is 1. The molecule has 18 heavy (non-hydrogen) atoms. The van der Waals surface area contributed by atoms with Crippen LogP contribution in [0.5, 0.6) is 0 Å². The van der Waals surface area contributed by atoms with Crippen molar-refractivity contribution in [2.45, 2.75) is 51.2 Å². The average molecular weight is 252 g/mol. The minimum atomic E-state index is -0.702. The summed E-state index contributed by atoms with van der Waals surface area (Å²) in [5.74, 6) is -0.315. The largest absolute Gasteiger partial charge is 0.388 e. The average Bonchev–Trinajstić information content (AvgIpc) is 2.85. The third kappa shape index (κ3) is 3.53. The van der Waals surface area contributed by atoms with Gasteiger partial charge in [0, 0.05) is 12.2 Å². The van der Waals surface area contributed by atoms with Crippen molar-refractivity contribution in [1.82, 2.24) is 0 Å². The van der Waals surface area contributed by atoms with Gasteiger partial charge in [-0.3, -0.25) is 0 Å². The Morgan fingerprint density at radius 2 is 2.33 bits per heavy atom. The van der Waals surface area contributed by atoms with Crippen LogP contribution in [0.4, 0.5) is 4.39 Å². The highest BCUT2D eigenvalue weighted by Gasteiger charge is 2.17. The predicted molar refractivity (Wildman–Crippen MR) is 68.9 cm³/mol. The highest BCUT2D eigenvalue weighted by Crippen LogP contribution is 2.25. The predicted octanol–water partition coefficient (Wildman–Crippen LogP) is 3.52. The first-order valence-electron chi connectivity index (χ1n) is 6.72. The summed E-state index contributed by atoms with van der Waals surface area (Å²) in [5, 5.41) is 10.0. The first-order chi connectivity index (χ1) is 8.66. The van der Waals surface area contributed by atoms with Crippen molar-refractivity contribution in [2.24, 2.45) is 0 Å². The van der Waals surface area contributed by atoms with E-state index in [9.17, 15) is 9.50 Å².